The van der Waals surface area contributed by atoms with Crippen molar-refractivity contribution < 1.29 is 33.6 Å². The molecule has 0 spiro atoms. The molecular formula is C63H128N2O7. The lowest BCUT2D eigenvalue weighted by molar-refractivity contribution is -0.131. The summed E-state index contributed by atoms with van der Waals surface area (Å²) in [5.74, 6) is 4.52. The van der Waals surface area contributed by atoms with Crippen LogP contribution in [0.4, 0.5) is 0 Å². The Labute approximate surface area is 449 Å². The van der Waals surface area contributed by atoms with Gasteiger partial charge in [0.25, 0.3) is 0 Å². The van der Waals surface area contributed by atoms with Crippen LogP contribution < -0.4 is 11.5 Å². The topological polar surface area (TPSA) is 172 Å². The number of rotatable bonds is 11. The lowest BCUT2D eigenvalue weighted by Crippen LogP contribution is -2.38. The number of carbonyl (C=O) groups is 7. The highest BCUT2D eigenvalue weighted by Gasteiger charge is 2.32. The minimum atomic E-state index is -0.329. The van der Waals surface area contributed by atoms with E-state index in [0.717, 1.165) is 38.0 Å². The minimum absolute atomic E-state index is 0.113. The molecule has 0 amide bonds. The molecular weight excluding hydrogens is 897 g/mol. The fraction of sp³-hybridized carbons (Fsp3) is 0.889. The Hall–Kier alpha value is -2.39. The summed E-state index contributed by atoms with van der Waals surface area (Å²) in [6.07, 6.45) is 8.58. The predicted molar refractivity (Wildman–Crippen MR) is 314 cm³/mol. The van der Waals surface area contributed by atoms with E-state index in [1.165, 1.54) is 12.8 Å². The molecule has 4 N–H and O–H groups in total. The first-order valence-corrected chi connectivity index (χ1v) is 27.8. The van der Waals surface area contributed by atoms with Crippen LogP contribution in [0.25, 0.3) is 0 Å². The van der Waals surface area contributed by atoms with Gasteiger partial charge in [-0.15, -0.1) is 0 Å². The van der Waals surface area contributed by atoms with Gasteiger partial charge in [-0.05, 0) is 50.4 Å². The summed E-state index contributed by atoms with van der Waals surface area (Å²) in [6.45, 7) is 65.3. The van der Waals surface area contributed by atoms with Crippen molar-refractivity contribution in [1.29, 1.82) is 0 Å². The summed E-state index contributed by atoms with van der Waals surface area (Å²) in [7, 11) is 0. The number of hydrogen-bond donors (Lipinski definition) is 2. The Morgan fingerprint density at radius 3 is 0.875 bits per heavy atom. The Kier molecular flexibility index (Phi) is 44.3. The molecule has 1 rings (SSSR count). The number of nitrogens with two attached hydrogens (primary N) is 2. The molecule has 3 unspecified atom stereocenters. The average Bonchev–Trinajstić information content (AvgIpc) is 3.72. The molecule has 0 aromatic carbocycles. The third-order valence-corrected chi connectivity index (χ3v) is 11.2. The fourth-order valence-corrected chi connectivity index (χ4v) is 6.02. The van der Waals surface area contributed by atoms with Crippen molar-refractivity contribution in [3.05, 3.63) is 0 Å². The molecule has 9 heteroatoms. The zero-order valence-electron chi connectivity index (χ0n) is 54.4. The molecule has 0 bridgehead atoms. The lowest BCUT2D eigenvalue weighted by Gasteiger charge is -2.24. The summed E-state index contributed by atoms with van der Waals surface area (Å²) in [5, 5.41) is 0. The van der Waals surface area contributed by atoms with Gasteiger partial charge >= 0.3 is 0 Å². The third kappa shape index (κ3) is 49.8. The quantitative estimate of drug-likeness (QED) is 0.204. The van der Waals surface area contributed by atoms with Gasteiger partial charge in [0, 0.05) is 69.0 Å². The van der Waals surface area contributed by atoms with Gasteiger partial charge in [-0.3, -0.25) is 33.6 Å². The summed E-state index contributed by atoms with van der Waals surface area (Å²) >= 11 is 0. The molecule has 0 heterocycles. The van der Waals surface area contributed by atoms with Crippen LogP contribution in [-0.2, 0) is 33.6 Å². The van der Waals surface area contributed by atoms with E-state index in [9.17, 15) is 33.6 Å². The number of Topliss-reactive ketones (excluding diaryl/α,β-unsaturated/α-hetero) is 7. The second-order valence-corrected chi connectivity index (χ2v) is 28.7. The third-order valence-electron chi connectivity index (χ3n) is 11.2. The molecule has 3 atom stereocenters. The number of ketones is 7. The van der Waals surface area contributed by atoms with Gasteiger partial charge < -0.3 is 11.5 Å². The smallest absolute Gasteiger partial charge is 0.154 e. The largest absolute Gasteiger partial charge is 0.322 e. The molecule has 1 saturated carbocycles. The van der Waals surface area contributed by atoms with Crippen molar-refractivity contribution in [2.24, 2.45) is 79.0 Å². The molecule has 0 aliphatic heterocycles. The van der Waals surface area contributed by atoms with Gasteiger partial charge in [-0.25, -0.2) is 0 Å². The maximum Gasteiger partial charge on any atom is 0.154 e. The number of hydrogen-bond acceptors (Lipinski definition) is 9. The van der Waals surface area contributed by atoms with Gasteiger partial charge in [-0.1, -0.05) is 234 Å². The zero-order valence-corrected chi connectivity index (χ0v) is 54.4. The molecule has 0 aromatic rings. The van der Waals surface area contributed by atoms with Crippen LogP contribution in [0.1, 0.15) is 286 Å². The van der Waals surface area contributed by atoms with Crippen molar-refractivity contribution in [1.82, 2.24) is 0 Å². The first-order chi connectivity index (χ1) is 31.6. The molecule has 72 heavy (non-hydrogen) atoms. The van der Waals surface area contributed by atoms with Crippen LogP contribution in [0.3, 0.4) is 0 Å². The van der Waals surface area contributed by atoms with E-state index in [2.05, 4.69) is 48.5 Å². The average molecular weight is 1030 g/mol. The van der Waals surface area contributed by atoms with Gasteiger partial charge in [0.15, 0.2) is 11.6 Å². The zero-order chi connectivity index (χ0) is 59.9. The van der Waals surface area contributed by atoms with E-state index in [4.69, 9.17) is 11.5 Å². The van der Waals surface area contributed by atoms with Crippen molar-refractivity contribution in [3.8, 4) is 0 Å². The normalized spacial score (nSPS) is 14.4. The molecule has 1 fully saturated rings. The van der Waals surface area contributed by atoms with Gasteiger partial charge in [0.2, 0.25) is 0 Å². The molecule has 0 saturated heterocycles. The fourth-order valence-electron chi connectivity index (χ4n) is 6.02. The maximum atomic E-state index is 11.7. The van der Waals surface area contributed by atoms with Crippen molar-refractivity contribution in [3.63, 3.8) is 0 Å². The summed E-state index contributed by atoms with van der Waals surface area (Å²) in [4.78, 5) is 78.8. The Balaban J connectivity index is -0.000000135. The van der Waals surface area contributed by atoms with E-state index in [0.29, 0.717) is 59.5 Å². The second-order valence-electron chi connectivity index (χ2n) is 28.7. The Bertz CT molecular complexity index is 1470. The highest BCUT2D eigenvalue weighted by atomic mass is 16.2. The number of carbonyl (C=O) groups excluding carboxylic acids is 7. The first kappa shape index (κ1) is 83.6. The minimum Gasteiger partial charge on any atom is -0.322 e. The van der Waals surface area contributed by atoms with E-state index in [1.54, 1.807) is 6.92 Å². The lowest BCUT2D eigenvalue weighted by atomic mass is 9.79. The highest BCUT2D eigenvalue weighted by Crippen LogP contribution is 2.32. The van der Waals surface area contributed by atoms with Crippen molar-refractivity contribution >= 4 is 40.5 Å². The molecule has 1 aliphatic carbocycles. The molecule has 432 valence electrons. The highest BCUT2D eigenvalue weighted by molar-refractivity contribution is 5.89. The van der Waals surface area contributed by atoms with Crippen LogP contribution in [-0.4, -0.2) is 52.6 Å². The van der Waals surface area contributed by atoms with Crippen LogP contribution in [0.2, 0.25) is 0 Å². The molecule has 0 aromatic heterocycles. The van der Waals surface area contributed by atoms with Crippen LogP contribution >= 0.6 is 0 Å². The van der Waals surface area contributed by atoms with Crippen molar-refractivity contribution in [2.45, 2.75) is 298 Å². The van der Waals surface area contributed by atoms with E-state index >= 15 is 0 Å². The van der Waals surface area contributed by atoms with E-state index < -0.39 is 0 Å². The summed E-state index contributed by atoms with van der Waals surface area (Å²) in [5.41, 5.74) is 9.66. The van der Waals surface area contributed by atoms with Gasteiger partial charge in [-0.2, -0.15) is 0 Å². The van der Waals surface area contributed by atoms with Crippen LogP contribution in [0.5, 0.6) is 0 Å². The van der Waals surface area contributed by atoms with Crippen LogP contribution in [0, 0.1) is 67.5 Å². The Morgan fingerprint density at radius 1 is 0.444 bits per heavy atom. The van der Waals surface area contributed by atoms with Crippen molar-refractivity contribution in [2.75, 3.05) is 0 Å². The van der Waals surface area contributed by atoms with Crippen LogP contribution in [0.15, 0.2) is 0 Å². The van der Waals surface area contributed by atoms with E-state index in [-0.39, 0.29) is 67.5 Å². The standard InChI is InChI=1S/C10H18O.C10H20O.C9H18O.C8H17NO.C8H16O.C7H15NO.C7H14O.C4H10/c1-10(2,3)9(11)8-6-4-5-7-8;1-7(2)8(3)9(11)10(4,5)6;1-7(2)6-8(10)9(3,4)5;1-5-6(9)7(10)8(2,3)4;1-5-6-7(9)8(2,3)4;1-5(8)6(9)7(2,3)4;1-5-6(8)7(2,3)4;1-4(2)3/h8H,4-7H2,1-3H3;7-8H,1-6H3;7H,6H2,1-5H3;6H,5,9H2,1-4H3;5-6H2,1-4H3;5H,8H2,1-4H3;5H2,1-4H3;4H,1-3H3. The summed E-state index contributed by atoms with van der Waals surface area (Å²) < 4.78 is 0. The predicted octanol–water partition coefficient (Wildman–Crippen LogP) is 16.7. The summed E-state index contributed by atoms with van der Waals surface area (Å²) in [6, 6.07) is -0.606. The first-order valence-electron chi connectivity index (χ1n) is 27.8. The van der Waals surface area contributed by atoms with E-state index in [1.807, 2.05) is 173 Å². The monoisotopic (exact) mass is 1020 g/mol. The second kappa shape index (κ2) is 38.2. The SMILES string of the molecule is CC(C)(C)C(=O)C1CCCC1.CC(C)C.CC(C)C(C)C(=O)C(C)(C)C.CC(C)CC(=O)C(C)(C)C.CC(N)C(=O)C(C)(C)C.CCC(=O)C(C)(C)C.CCC(N)C(=O)C(C)(C)C.CCCC(=O)C(C)(C)C. The molecule has 0 radical (unpaired) electrons. The molecule has 1 aliphatic rings. The molecule has 9 nitrogen and oxygen atoms in total. The Morgan fingerprint density at radius 2 is 0.764 bits per heavy atom. The maximum absolute atomic E-state index is 11.7. The van der Waals surface area contributed by atoms with Gasteiger partial charge in [0.05, 0.1) is 12.1 Å². The van der Waals surface area contributed by atoms with Gasteiger partial charge in [0.1, 0.15) is 28.9 Å².